The number of aliphatic carboxylic acids is 4. The lowest BCUT2D eigenvalue weighted by atomic mass is 10.0. The summed E-state index contributed by atoms with van der Waals surface area (Å²) < 4.78 is 0. The zero-order valence-corrected chi connectivity index (χ0v) is 49.0. The summed E-state index contributed by atoms with van der Waals surface area (Å²) in [7, 11) is 0. The first-order valence-corrected chi connectivity index (χ1v) is 32.0. The first-order chi connectivity index (χ1) is 35.1. The summed E-state index contributed by atoms with van der Waals surface area (Å²) in [4.78, 5) is 41.2. The summed E-state index contributed by atoms with van der Waals surface area (Å²) in [5.74, 6) is -2.62. The molecular formula is C64H128O8. The molecule has 72 heavy (non-hydrogen) atoms. The van der Waals surface area contributed by atoms with Crippen molar-refractivity contribution < 1.29 is 39.6 Å². The van der Waals surface area contributed by atoms with Crippen molar-refractivity contribution in [2.75, 3.05) is 0 Å². The van der Waals surface area contributed by atoms with E-state index in [1.165, 1.54) is 283 Å². The van der Waals surface area contributed by atoms with Gasteiger partial charge in [-0.15, -0.1) is 0 Å². The third-order valence-corrected chi connectivity index (χ3v) is 14.0. The number of hydrogen-bond donors (Lipinski definition) is 4. The summed E-state index contributed by atoms with van der Waals surface area (Å²) in [5.41, 5.74) is 0. The molecule has 0 saturated heterocycles. The monoisotopic (exact) mass is 1020 g/mol. The van der Waals surface area contributed by atoms with Gasteiger partial charge in [-0.1, -0.05) is 336 Å². The van der Waals surface area contributed by atoms with E-state index < -0.39 is 23.9 Å². The Bertz CT molecular complexity index is 872. The van der Waals surface area contributed by atoms with Gasteiger partial charge in [-0.05, 0) is 25.7 Å². The number of carbonyl (C=O) groups is 4. The second-order valence-electron chi connectivity index (χ2n) is 21.5. The summed E-state index contributed by atoms with van der Waals surface area (Å²) in [5, 5.41) is 34.0. The molecule has 0 saturated carbocycles. The van der Waals surface area contributed by atoms with Crippen LogP contribution in [0.15, 0.2) is 0 Å². The minimum Gasteiger partial charge on any atom is -0.481 e. The predicted octanol–water partition coefficient (Wildman–Crippen LogP) is 22.2. The largest absolute Gasteiger partial charge is 0.481 e. The van der Waals surface area contributed by atoms with E-state index in [1.807, 2.05) is 0 Å². The molecule has 0 spiro atoms. The van der Waals surface area contributed by atoms with Gasteiger partial charge < -0.3 is 20.4 Å². The number of hydrogen-bond acceptors (Lipinski definition) is 4. The maximum atomic E-state index is 10.3. The van der Waals surface area contributed by atoms with Crippen LogP contribution in [0.2, 0.25) is 0 Å². The van der Waals surface area contributed by atoms with Crippen molar-refractivity contribution in [3.63, 3.8) is 0 Å². The van der Waals surface area contributed by atoms with Crippen molar-refractivity contribution in [1.82, 2.24) is 0 Å². The highest BCUT2D eigenvalue weighted by Gasteiger charge is 2.01. The van der Waals surface area contributed by atoms with Crippen LogP contribution in [0.5, 0.6) is 0 Å². The van der Waals surface area contributed by atoms with E-state index in [2.05, 4.69) is 27.7 Å². The summed E-state index contributed by atoms with van der Waals surface area (Å²) in [6, 6.07) is 0. The molecule has 432 valence electrons. The number of carboxylic acids is 4. The van der Waals surface area contributed by atoms with Crippen LogP contribution >= 0.6 is 0 Å². The zero-order chi connectivity index (χ0) is 53.9. The van der Waals surface area contributed by atoms with Crippen molar-refractivity contribution >= 4 is 23.9 Å². The van der Waals surface area contributed by atoms with Gasteiger partial charge in [0.05, 0.1) is 0 Å². The van der Waals surface area contributed by atoms with E-state index in [9.17, 15) is 19.2 Å². The van der Waals surface area contributed by atoms with Gasteiger partial charge in [0.2, 0.25) is 0 Å². The molecule has 0 radical (unpaired) electrons. The Morgan fingerprint density at radius 1 is 0.167 bits per heavy atom. The van der Waals surface area contributed by atoms with Crippen LogP contribution in [0.1, 0.15) is 387 Å². The lowest BCUT2D eigenvalue weighted by Gasteiger charge is -2.02. The Balaban J connectivity index is -0.000000428. The molecule has 0 aromatic heterocycles. The summed E-state index contributed by atoms with van der Waals surface area (Å²) in [6.07, 6.45) is 69.1. The Hall–Kier alpha value is -2.12. The average molecular weight is 1030 g/mol. The molecular weight excluding hydrogens is 897 g/mol. The molecule has 8 heteroatoms. The van der Waals surface area contributed by atoms with Gasteiger partial charge in [-0.2, -0.15) is 0 Å². The SMILES string of the molecule is CCCCCCCCCCCCCCCC(=O)O.CCCCCCCCCCCCCCCC(=O)O.CCCCCCCCCCCCCCCC(=O)O.CCCCCCCCCCCCCCCC(=O)O. The van der Waals surface area contributed by atoms with Gasteiger partial charge >= 0.3 is 23.9 Å². The fraction of sp³-hybridized carbons (Fsp3) is 0.938. The molecule has 0 aliphatic carbocycles. The van der Waals surface area contributed by atoms with Crippen LogP contribution in [-0.2, 0) is 19.2 Å². The Labute approximate surface area is 449 Å². The van der Waals surface area contributed by atoms with Crippen LogP contribution in [0.25, 0.3) is 0 Å². The summed E-state index contributed by atoms with van der Waals surface area (Å²) in [6.45, 7) is 9.04. The van der Waals surface area contributed by atoms with Crippen molar-refractivity contribution in [2.24, 2.45) is 0 Å². The lowest BCUT2D eigenvalue weighted by molar-refractivity contribution is -0.138. The van der Waals surface area contributed by atoms with Gasteiger partial charge in [0.15, 0.2) is 0 Å². The van der Waals surface area contributed by atoms with Gasteiger partial charge in [0.25, 0.3) is 0 Å². The van der Waals surface area contributed by atoms with E-state index in [0.717, 1.165) is 51.4 Å². The molecule has 0 aromatic carbocycles. The minimum absolute atomic E-state index is 0.345. The predicted molar refractivity (Wildman–Crippen MR) is 312 cm³/mol. The van der Waals surface area contributed by atoms with Crippen molar-refractivity contribution in [3.8, 4) is 0 Å². The normalized spacial score (nSPS) is 10.7. The highest BCUT2D eigenvalue weighted by Crippen LogP contribution is 2.17. The molecule has 0 heterocycles. The Morgan fingerprint density at radius 2 is 0.250 bits per heavy atom. The van der Waals surface area contributed by atoms with Gasteiger partial charge in [0.1, 0.15) is 0 Å². The second kappa shape index (κ2) is 73.1. The van der Waals surface area contributed by atoms with Crippen molar-refractivity contribution in [1.29, 1.82) is 0 Å². The van der Waals surface area contributed by atoms with Gasteiger partial charge in [0, 0.05) is 25.7 Å². The zero-order valence-electron chi connectivity index (χ0n) is 49.0. The molecule has 0 fully saturated rings. The van der Waals surface area contributed by atoms with Crippen LogP contribution in [0.4, 0.5) is 0 Å². The van der Waals surface area contributed by atoms with E-state index in [0.29, 0.717) is 25.7 Å². The molecule has 4 N–H and O–H groups in total. The minimum atomic E-state index is -0.655. The average Bonchev–Trinajstić information content (AvgIpc) is 3.35. The van der Waals surface area contributed by atoms with E-state index in [1.54, 1.807) is 0 Å². The molecule has 0 aromatic rings. The van der Waals surface area contributed by atoms with Crippen LogP contribution in [-0.4, -0.2) is 44.3 Å². The lowest BCUT2D eigenvalue weighted by Crippen LogP contribution is -1.93. The van der Waals surface area contributed by atoms with Gasteiger partial charge in [-0.25, -0.2) is 0 Å². The molecule has 0 aliphatic rings. The van der Waals surface area contributed by atoms with Gasteiger partial charge in [-0.3, -0.25) is 19.2 Å². The highest BCUT2D eigenvalue weighted by molar-refractivity contribution is 5.67. The van der Waals surface area contributed by atoms with Crippen molar-refractivity contribution in [2.45, 2.75) is 387 Å². The van der Waals surface area contributed by atoms with Crippen LogP contribution in [0.3, 0.4) is 0 Å². The summed E-state index contributed by atoms with van der Waals surface area (Å²) >= 11 is 0. The quantitative estimate of drug-likeness (QED) is 0.0440. The molecule has 8 nitrogen and oxygen atoms in total. The topological polar surface area (TPSA) is 149 Å². The molecule has 0 rings (SSSR count). The van der Waals surface area contributed by atoms with Crippen molar-refractivity contribution in [3.05, 3.63) is 0 Å². The van der Waals surface area contributed by atoms with E-state index in [4.69, 9.17) is 20.4 Å². The first kappa shape index (κ1) is 76.4. The molecule has 0 atom stereocenters. The molecule has 0 aliphatic heterocycles. The fourth-order valence-corrected chi connectivity index (χ4v) is 9.18. The second-order valence-corrected chi connectivity index (χ2v) is 21.5. The fourth-order valence-electron chi connectivity index (χ4n) is 9.18. The Kier molecular flexibility index (Phi) is 77.6. The molecule has 0 bridgehead atoms. The standard InChI is InChI=1S/4C16H32O2/c4*1-2-3-4-5-6-7-8-9-10-11-12-13-14-15-16(17)18/h4*2-15H2,1H3,(H,17,18). The Morgan fingerprint density at radius 3 is 0.333 bits per heavy atom. The molecule has 0 amide bonds. The number of unbranched alkanes of at least 4 members (excludes halogenated alkanes) is 48. The first-order valence-electron chi connectivity index (χ1n) is 32.0. The van der Waals surface area contributed by atoms with E-state index in [-0.39, 0.29) is 0 Å². The maximum Gasteiger partial charge on any atom is 0.303 e. The number of rotatable bonds is 56. The highest BCUT2D eigenvalue weighted by atomic mass is 16.4. The third-order valence-electron chi connectivity index (χ3n) is 14.0. The van der Waals surface area contributed by atoms with Crippen LogP contribution in [0, 0.1) is 0 Å². The third kappa shape index (κ3) is 90.6. The van der Waals surface area contributed by atoms with Crippen LogP contribution < -0.4 is 0 Å². The maximum absolute atomic E-state index is 10.3. The smallest absolute Gasteiger partial charge is 0.303 e. The van der Waals surface area contributed by atoms with E-state index >= 15 is 0 Å². The molecule has 0 unspecified atom stereocenters. The number of carboxylic acid groups (broad SMARTS) is 4.